The average molecular weight is 240 g/mol. The summed E-state index contributed by atoms with van der Waals surface area (Å²) in [6, 6.07) is 0. The zero-order chi connectivity index (χ0) is 11.6. The Morgan fingerprint density at radius 2 is 2.20 bits per heavy atom. The Balaban J connectivity index is 3.40. The van der Waals surface area contributed by atoms with Gasteiger partial charge in [-0.2, -0.15) is 0 Å². The topological polar surface area (TPSA) is 39.2 Å². The highest BCUT2D eigenvalue weighted by atomic mass is 35.5. The summed E-state index contributed by atoms with van der Waals surface area (Å²) in [7, 11) is 0.990. The first-order valence-corrected chi connectivity index (χ1v) is 4.07. The van der Waals surface area contributed by atoms with E-state index in [0.29, 0.717) is 0 Å². The first kappa shape index (κ1) is 11.8. The second-order valence-electron chi connectivity index (χ2n) is 2.48. The van der Waals surface area contributed by atoms with E-state index >= 15 is 0 Å². The Labute approximate surface area is 87.8 Å². The number of methoxy groups -OCH3 is 1. The van der Waals surface area contributed by atoms with E-state index in [1.807, 2.05) is 0 Å². The van der Waals surface area contributed by atoms with E-state index in [2.05, 4.69) is 9.72 Å². The number of esters is 1. The Bertz CT molecular complexity index is 398. The van der Waals surface area contributed by atoms with Crippen LogP contribution in [0.1, 0.15) is 22.3 Å². The van der Waals surface area contributed by atoms with E-state index in [9.17, 15) is 18.0 Å². The van der Waals surface area contributed by atoms with Gasteiger partial charge in [0.15, 0.2) is 11.0 Å². The predicted octanol–water partition coefficient (Wildman–Crippen LogP) is 2.60. The third-order valence-corrected chi connectivity index (χ3v) is 1.90. The van der Waals surface area contributed by atoms with Crippen LogP contribution in [-0.4, -0.2) is 18.1 Å². The van der Waals surface area contributed by atoms with Crippen molar-refractivity contribution in [2.24, 2.45) is 0 Å². The van der Waals surface area contributed by atoms with E-state index in [0.717, 1.165) is 13.3 Å². The molecule has 82 valence electrons. The van der Waals surface area contributed by atoms with Crippen molar-refractivity contribution >= 4 is 17.6 Å². The first-order chi connectivity index (χ1) is 6.99. The molecule has 0 radical (unpaired) electrons. The van der Waals surface area contributed by atoms with Crippen LogP contribution in [0, 0.1) is 5.82 Å². The van der Waals surface area contributed by atoms with Gasteiger partial charge in [0.2, 0.25) is 0 Å². The van der Waals surface area contributed by atoms with Crippen molar-refractivity contribution in [2.45, 2.75) is 6.43 Å². The van der Waals surface area contributed by atoms with Crippen molar-refractivity contribution in [1.82, 2.24) is 4.98 Å². The zero-order valence-corrected chi connectivity index (χ0v) is 8.19. The van der Waals surface area contributed by atoms with E-state index in [1.165, 1.54) is 0 Å². The Hall–Kier alpha value is -1.30. The molecule has 1 rings (SSSR count). The largest absolute Gasteiger partial charge is 0.465 e. The summed E-state index contributed by atoms with van der Waals surface area (Å²) in [5.41, 5.74) is -1.73. The maximum atomic E-state index is 13.1. The highest BCUT2D eigenvalue weighted by molar-refractivity contribution is 6.29. The maximum absolute atomic E-state index is 13.1. The number of nitrogens with zero attached hydrogens (tertiary/aromatic N) is 1. The average Bonchev–Trinajstić information content (AvgIpc) is 2.20. The van der Waals surface area contributed by atoms with Crippen molar-refractivity contribution < 1.29 is 22.7 Å². The summed E-state index contributed by atoms with van der Waals surface area (Å²) in [6.07, 6.45) is -2.42. The van der Waals surface area contributed by atoms with Gasteiger partial charge in [0, 0.05) is 6.20 Å². The summed E-state index contributed by atoms with van der Waals surface area (Å²) in [5.74, 6) is -2.50. The Morgan fingerprint density at radius 3 is 2.67 bits per heavy atom. The van der Waals surface area contributed by atoms with Gasteiger partial charge in [0.05, 0.1) is 18.2 Å². The summed E-state index contributed by atoms with van der Waals surface area (Å²) in [6.45, 7) is 0. The third-order valence-electron chi connectivity index (χ3n) is 1.64. The molecule has 0 amide bonds. The minimum Gasteiger partial charge on any atom is -0.465 e. The molecule has 3 nitrogen and oxygen atoms in total. The van der Waals surface area contributed by atoms with Gasteiger partial charge in [-0.3, -0.25) is 0 Å². The van der Waals surface area contributed by atoms with Gasteiger partial charge in [-0.1, -0.05) is 11.6 Å². The van der Waals surface area contributed by atoms with Crippen molar-refractivity contribution in [3.63, 3.8) is 0 Å². The molecule has 1 aromatic heterocycles. The molecule has 0 aliphatic carbocycles. The number of alkyl halides is 2. The molecular weight excluding hydrogens is 235 g/mol. The molecule has 0 aromatic carbocycles. The minimum absolute atomic E-state index is 0.630. The first-order valence-electron chi connectivity index (χ1n) is 3.69. The van der Waals surface area contributed by atoms with Crippen LogP contribution in [0.4, 0.5) is 13.2 Å². The zero-order valence-electron chi connectivity index (χ0n) is 7.43. The van der Waals surface area contributed by atoms with E-state index in [1.54, 1.807) is 0 Å². The molecule has 15 heavy (non-hydrogen) atoms. The number of halogens is 4. The highest BCUT2D eigenvalue weighted by Gasteiger charge is 2.25. The number of hydrogen-bond acceptors (Lipinski definition) is 3. The molecule has 0 saturated heterocycles. The van der Waals surface area contributed by atoms with Crippen LogP contribution >= 0.6 is 11.6 Å². The number of ether oxygens (including phenoxy) is 1. The molecule has 0 spiro atoms. The fourth-order valence-corrected chi connectivity index (χ4v) is 1.11. The molecule has 0 fully saturated rings. The Kier molecular flexibility index (Phi) is 3.52. The molecule has 0 saturated carbocycles. The molecule has 0 aliphatic heterocycles. The number of aromatic nitrogens is 1. The van der Waals surface area contributed by atoms with Gasteiger partial charge in [-0.15, -0.1) is 0 Å². The second kappa shape index (κ2) is 4.48. The highest BCUT2D eigenvalue weighted by Crippen LogP contribution is 2.29. The summed E-state index contributed by atoms with van der Waals surface area (Å²) in [4.78, 5) is 14.2. The molecule has 0 bridgehead atoms. The van der Waals surface area contributed by atoms with Crippen molar-refractivity contribution in [1.29, 1.82) is 0 Å². The predicted molar refractivity (Wildman–Crippen MR) is 45.5 cm³/mol. The number of rotatable bonds is 2. The molecule has 0 N–H and O–H groups in total. The fraction of sp³-hybridized carbons (Fsp3) is 0.250. The van der Waals surface area contributed by atoms with E-state index < -0.39 is 34.5 Å². The molecule has 0 aliphatic rings. The smallest absolute Gasteiger partial charge is 0.340 e. The lowest BCUT2D eigenvalue weighted by Crippen LogP contribution is -2.09. The van der Waals surface area contributed by atoms with Crippen LogP contribution in [0.25, 0.3) is 0 Å². The number of carbonyl (C=O) groups is 1. The van der Waals surface area contributed by atoms with Gasteiger partial charge in [-0.25, -0.2) is 22.9 Å². The van der Waals surface area contributed by atoms with Crippen LogP contribution in [0.15, 0.2) is 6.20 Å². The molecule has 1 heterocycles. The van der Waals surface area contributed by atoms with Crippen molar-refractivity contribution in [3.8, 4) is 0 Å². The van der Waals surface area contributed by atoms with Crippen LogP contribution in [0.2, 0.25) is 5.15 Å². The number of pyridine rings is 1. The fourth-order valence-electron chi connectivity index (χ4n) is 0.963. The molecule has 1 aromatic rings. The van der Waals surface area contributed by atoms with Crippen LogP contribution in [0.5, 0.6) is 0 Å². The van der Waals surface area contributed by atoms with Crippen molar-refractivity contribution in [2.75, 3.05) is 7.11 Å². The molecule has 0 unspecified atom stereocenters. The standard InChI is InChI=1S/C8H5ClF3NO2/c1-15-8(14)3-2-13-6(9)5(10)4(3)7(11)12/h2,7H,1H3. The third kappa shape index (κ3) is 2.20. The summed E-state index contributed by atoms with van der Waals surface area (Å²) >= 11 is 5.21. The maximum Gasteiger partial charge on any atom is 0.340 e. The lowest BCUT2D eigenvalue weighted by Gasteiger charge is -2.08. The van der Waals surface area contributed by atoms with E-state index in [4.69, 9.17) is 11.6 Å². The summed E-state index contributed by atoms with van der Waals surface area (Å²) in [5, 5.41) is -0.710. The SMILES string of the molecule is COC(=O)c1cnc(Cl)c(F)c1C(F)F. The normalized spacial score (nSPS) is 10.5. The van der Waals surface area contributed by atoms with Gasteiger partial charge in [-0.05, 0) is 0 Å². The lowest BCUT2D eigenvalue weighted by molar-refractivity contribution is 0.0586. The number of hydrogen-bond donors (Lipinski definition) is 0. The quantitative estimate of drug-likeness (QED) is 0.588. The van der Waals surface area contributed by atoms with Crippen LogP contribution in [-0.2, 0) is 4.74 Å². The van der Waals surface area contributed by atoms with Gasteiger partial charge < -0.3 is 4.74 Å². The minimum atomic E-state index is -3.17. The second-order valence-corrected chi connectivity index (χ2v) is 2.84. The summed E-state index contributed by atoms with van der Waals surface area (Å²) < 4.78 is 42.2. The van der Waals surface area contributed by atoms with E-state index in [-0.39, 0.29) is 0 Å². The lowest BCUT2D eigenvalue weighted by atomic mass is 10.1. The van der Waals surface area contributed by atoms with Crippen LogP contribution in [0.3, 0.4) is 0 Å². The van der Waals surface area contributed by atoms with Gasteiger partial charge in [0.25, 0.3) is 6.43 Å². The monoisotopic (exact) mass is 239 g/mol. The van der Waals surface area contributed by atoms with Gasteiger partial charge in [0.1, 0.15) is 0 Å². The molecule has 7 heteroatoms. The van der Waals surface area contributed by atoms with Crippen molar-refractivity contribution in [3.05, 3.63) is 28.3 Å². The Morgan fingerprint density at radius 1 is 1.60 bits per heavy atom. The van der Waals surface area contributed by atoms with Gasteiger partial charge >= 0.3 is 5.97 Å². The molecule has 0 atom stereocenters. The molecular formula is C8H5ClF3NO2. The number of carbonyl (C=O) groups excluding carboxylic acids is 1. The van der Waals surface area contributed by atoms with Crippen LogP contribution < -0.4 is 0 Å².